The molecule has 0 amide bonds. The van der Waals surface area contributed by atoms with Crippen molar-refractivity contribution in [1.82, 2.24) is 14.5 Å². The highest BCUT2D eigenvalue weighted by atomic mass is 32.2. The molecular weight excluding hydrogens is 466 g/mol. The number of imidazole rings is 1. The molecule has 8 heteroatoms. The van der Waals surface area contributed by atoms with E-state index in [1.54, 1.807) is 18.3 Å². The molecule has 34 heavy (non-hydrogen) atoms. The van der Waals surface area contributed by atoms with E-state index in [2.05, 4.69) is 29.2 Å². The van der Waals surface area contributed by atoms with E-state index >= 15 is 0 Å². The Morgan fingerprint density at radius 2 is 1.85 bits per heavy atom. The zero-order valence-corrected chi connectivity index (χ0v) is 20.5. The molecule has 3 heterocycles. The number of esters is 1. The smallest absolute Gasteiger partial charge is 0.316 e. The van der Waals surface area contributed by atoms with Crippen LogP contribution in [0.5, 0.6) is 0 Å². The first kappa shape index (κ1) is 22.8. The molecular formula is C26H25N3O3S2. The Bertz CT molecular complexity index is 1370. The molecule has 0 aliphatic carbocycles. The number of para-hydroxylation sites is 1. The SMILES string of the molecule is CCOC(=O)CSc1nc2c(=O)c3c(sc2n1-c1ccccc1)CN(Cc1ccccc1)CC3. The summed E-state index contributed by atoms with van der Waals surface area (Å²) in [4.78, 5) is 34.5. The van der Waals surface area contributed by atoms with E-state index in [0.717, 1.165) is 47.0 Å². The lowest BCUT2D eigenvalue weighted by Crippen LogP contribution is -2.32. The minimum absolute atomic E-state index is 0.00998. The summed E-state index contributed by atoms with van der Waals surface area (Å²) in [5, 5.41) is 0.631. The quantitative estimate of drug-likeness (QED) is 0.277. The Kier molecular flexibility index (Phi) is 6.80. The van der Waals surface area contributed by atoms with Crippen LogP contribution in [0.1, 0.15) is 22.9 Å². The maximum absolute atomic E-state index is 13.5. The number of rotatable bonds is 7. The number of fused-ring (bicyclic) bond motifs is 2. The Morgan fingerprint density at radius 1 is 1.12 bits per heavy atom. The first-order chi connectivity index (χ1) is 16.6. The summed E-state index contributed by atoms with van der Waals surface area (Å²) in [5.41, 5.74) is 3.56. The van der Waals surface area contributed by atoms with Gasteiger partial charge in [-0.1, -0.05) is 60.3 Å². The first-order valence-corrected chi connectivity index (χ1v) is 13.1. The van der Waals surface area contributed by atoms with Crippen LogP contribution in [0, 0.1) is 0 Å². The predicted molar refractivity (Wildman–Crippen MR) is 137 cm³/mol. The second kappa shape index (κ2) is 10.1. The van der Waals surface area contributed by atoms with E-state index in [1.807, 2.05) is 41.0 Å². The summed E-state index contributed by atoms with van der Waals surface area (Å²) in [5.74, 6) is -0.144. The van der Waals surface area contributed by atoms with E-state index in [0.29, 0.717) is 17.3 Å². The van der Waals surface area contributed by atoms with E-state index in [1.165, 1.54) is 17.3 Å². The minimum atomic E-state index is -0.291. The summed E-state index contributed by atoms with van der Waals surface area (Å²) in [6.07, 6.45) is 0.719. The standard InChI is InChI=1S/C26H25N3O3S2/c1-2-32-22(30)17-33-26-27-23-24(31)20-13-14-28(15-18-9-5-3-6-10-18)16-21(20)34-25(23)29(26)19-11-7-4-8-12-19/h3-12H,2,13-17H2,1H3. The van der Waals surface area contributed by atoms with Gasteiger partial charge in [-0.2, -0.15) is 0 Å². The van der Waals surface area contributed by atoms with E-state index in [4.69, 9.17) is 9.72 Å². The van der Waals surface area contributed by atoms with Gasteiger partial charge in [-0.25, -0.2) is 4.98 Å². The molecule has 4 aromatic rings. The molecule has 1 aliphatic rings. The Labute approximate surface area is 206 Å². The molecule has 0 radical (unpaired) electrons. The highest BCUT2D eigenvalue weighted by molar-refractivity contribution is 7.99. The van der Waals surface area contributed by atoms with Gasteiger partial charge in [0.15, 0.2) is 5.16 Å². The van der Waals surface area contributed by atoms with Gasteiger partial charge in [0.2, 0.25) is 5.43 Å². The fourth-order valence-corrected chi connectivity index (χ4v) is 6.40. The molecule has 5 rings (SSSR count). The number of carbonyl (C=O) groups excluding carboxylic acids is 1. The zero-order chi connectivity index (χ0) is 23.5. The molecule has 174 valence electrons. The third kappa shape index (κ3) is 4.66. The lowest BCUT2D eigenvalue weighted by Gasteiger charge is -2.27. The molecule has 0 fully saturated rings. The summed E-state index contributed by atoms with van der Waals surface area (Å²) in [7, 11) is 0. The van der Waals surface area contributed by atoms with Crippen LogP contribution in [0.25, 0.3) is 16.0 Å². The van der Waals surface area contributed by atoms with Gasteiger partial charge in [0.05, 0.1) is 12.4 Å². The van der Waals surface area contributed by atoms with Gasteiger partial charge in [0.1, 0.15) is 10.3 Å². The van der Waals surface area contributed by atoms with Crippen molar-refractivity contribution in [3.05, 3.63) is 86.9 Å². The van der Waals surface area contributed by atoms with Crippen LogP contribution >= 0.6 is 23.1 Å². The van der Waals surface area contributed by atoms with Crippen molar-refractivity contribution in [2.75, 3.05) is 18.9 Å². The van der Waals surface area contributed by atoms with Crippen molar-refractivity contribution >= 4 is 39.4 Å². The van der Waals surface area contributed by atoms with Crippen molar-refractivity contribution in [3.63, 3.8) is 0 Å². The van der Waals surface area contributed by atoms with Gasteiger partial charge in [0, 0.05) is 35.8 Å². The highest BCUT2D eigenvalue weighted by Crippen LogP contribution is 2.33. The Balaban J connectivity index is 1.54. The second-order valence-electron chi connectivity index (χ2n) is 8.09. The van der Waals surface area contributed by atoms with Gasteiger partial charge < -0.3 is 4.74 Å². The normalized spacial score (nSPS) is 13.7. The van der Waals surface area contributed by atoms with Gasteiger partial charge >= 0.3 is 5.97 Å². The molecule has 0 spiro atoms. The van der Waals surface area contributed by atoms with Crippen LogP contribution in [0.3, 0.4) is 0 Å². The number of nitrogens with zero attached hydrogens (tertiary/aromatic N) is 3. The molecule has 0 unspecified atom stereocenters. The summed E-state index contributed by atoms with van der Waals surface area (Å²) >= 11 is 2.94. The molecule has 0 saturated carbocycles. The van der Waals surface area contributed by atoms with Crippen LogP contribution in [0.15, 0.2) is 70.6 Å². The maximum atomic E-state index is 13.5. The largest absolute Gasteiger partial charge is 0.465 e. The molecule has 2 aromatic carbocycles. The molecule has 2 aromatic heterocycles. The molecule has 6 nitrogen and oxygen atoms in total. The highest BCUT2D eigenvalue weighted by Gasteiger charge is 2.25. The van der Waals surface area contributed by atoms with Crippen LogP contribution in [0.2, 0.25) is 0 Å². The van der Waals surface area contributed by atoms with Gasteiger partial charge in [-0.15, -0.1) is 11.3 Å². The summed E-state index contributed by atoms with van der Waals surface area (Å²) in [6.45, 7) is 4.58. The van der Waals surface area contributed by atoms with Crippen molar-refractivity contribution in [3.8, 4) is 5.69 Å². The summed E-state index contributed by atoms with van der Waals surface area (Å²) < 4.78 is 7.09. The fraction of sp³-hybridized carbons (Fsp3) is 0.269. The number of hydrogen-bond acceptors (Lipinski definition) is 7. The Morgan fingerprint density at radius 3 is 2.59 bits per heavy atom. The second-order valence-corrected chi connectivity index (χ2v) is 10.1. The maximum Gasteiger partial charge on any atom is 0.316 e. The topological polar surface area (TPSA) is 64.4 Å². The number of aromatic nitrogens is 2. The minimum Gasteiger partial charge on any atom is -0.465 e. The fourth-order valence-electron chi connectivity index (χ4n) is 4.21. The predicted octanol–water partition coefficient (Wildman–Crippen LogP) is 4.66. The van der Waals surface area contributed by atoms with Crippen LogP contribution < -0.4 is 5.43 Å². The molecule has 0 saturated heterocycles. The van der Waals surface area contributed by atoms with Crippen LogP contribution in [-0.2, 0) is 29.0 Å². The van der Waals surface area contributed by atoms with E-state index in [-0.39, 0.29) is 17.2 Å². The van der Waals surface area contributed by atoms with Gasteiger partial charge in [-0.05, 0) is 31.0 Å². The Hall–Kier alpha value is -2.94. The van der Waals surface area contributed by atoms with E-state index in [9.17, 15) is 9.59 Å². The van der Waals surface area contributed by atoms with Gasteiger partial charge in [-0.3, -0.25) is 19.1 Å². The van der Waals surface area contributed by atoms with Crippen molar-refractivity contribution in [1.29, 1.82) is 0 Å². The average Bonchev–Trinajstić information content (AvgIpc) is 3.23. The van der Waals surface area contributed by atoms with Crippen LogP contribution in [-0.4, -0.2) is 39.3 Å². The molecule has 1 aliphatic heterocycles. The number of ether oxygens (including phenoxy) is 1. The number of thioether (sulfide) groups is 1. The van der Waals surface area contributed by atoms with E-state index < -0.39 is 0 Å². The van der Waals surface area contributed by atoms with Crippen molar-refractivity contribution in [2.45, 2.75) is 31.6 Å². The monoisotopic (exact) mass is 491 g/mol. The molecule has 0 atom stereocenters. The lowest BCUT2D eigenvalue weighted by molar-refractivity contribution is -0.139. The zero-order valence-electron chi connectivity index (χ0n) is 18.9. The van der Waals surface area contributed by atoms with Crippen LogP contribution in [0.4, 0.5) is 0 Å². The average molecular weight is 492 g/mol. The third-order valence-corrected chi connectivity index (χ3v) is 7.89. The van der Waals surface area contributed by atoms with Crippen molar-refractivity contribution in [2.24, 2.45) is 0 Å². The number of hydrogen-bond donors (Lipinski definition) is 0. The van der Waals surface area contributed by atoms with Gasteiger partial charge in [0.25, 0.3) is 0 Å². The third-order valence-electron chi connectivity index (χ3n) is 5.78. The summed E-state index contributed by atoms with van der Waals surface area (Å²) in [6, 6.07) is 20.3. The van der Waals surface area contributed by atoms with Crippen molar-refractivity contribution < 1.29 is 9.53 Å². The lowest BCUT2D eigenvalue weighted by atomic mass is 10.1. The molecule has 0 bridgehead atoms. The number of carbonyl (C=O) groups is 1. The number of benzene rings is 2. The first-order valence-electron chi connectivity index (χ1n) is 11.3. The molecule has 0 N–H and O–H groups in total.